The first kappa shape index (κ1) is 14.2. The van der Waals surface area contributed by atoms with E-state index in [4.69, 9.17) is 4.74 Å². The Balaban J connectivity index is 2.44. The molecule has 1 aliphatic heterocycles. The summed E-state index contributed by atoms with van der Waals surface area (Å²) >= 11 is 0. The minimum atomic E-state index is 0.121. The van der Waals surface area contributed by atoms with Crippen LogP contribution in [0, 0.1) is 0 Å². The molecule has 1 N–H and O–H groups in total. The molecule has 1 atom stereocenters. The molecule has 19 heavy (non-hydrogen) atoms. The molecule has 0 aromatic heterocycles. The Kier molecular flexibility index (Phi) is 4.04. The number of anilines is 1. The van der Waals surface area contributed by atoms with Crippen LogP contribution in [0.1, 0.15) is 39.7 Å². The molecule has 3 nitrogen and oxygen atoms in total. The van der Waals surface area contributed by atoms with E-state index in [1.165, 1.54) is 11.3 Å². The van der Waals surface area contributed by atoms with Gasteiger partial charge in [0.25, 0.3) is 0 Å². The summed E-state index contributed by atoms with van der Waals surface area (Å²) in [5.74, 6) is 0.937. The van der Waals surface area contributed by atoms with Crippen LogP contribution in [0.2, 0.25) is 0 Å². The van der Waals surface area contributed by atoms with Crippen LogP contribution in [0.15, 0.2) is 18.2 Å². The highest BCUT2D eigenvalue weighted by Crippen LogP contribution is 2.32. The number of fused-ring (bicyclic) bond motifs is 1. The van der Waals surface area contributed by atoms with Crippen LogP contribution in [0.25, 0.3) is 0 Å². The van der Waals surface area contributed by atoms with Gasteiger partial charge < -0.3 is 15.0 Å². The third kappa shape index (κ3) is 3.03. The maximum Gasteiger partial charge on any atom is 0.120 e. The summed E-state index contributed by atoms with van der Waals surface area (Å²) < 4.78 is 5.39. The quantitative estimate of drug-likeness (QED) is 0.905. The maximum absolute atomic E-state index is 5.39. The molecule has 3 heteroatoms. The van der Waals surface area contributed by atoms with Gasteiger partial charge in [0.1, 0.15) is 5.75 Å². The number of hydrogen-bond donors (Lipinski definition) is 1. The molecule has 106 valence electrons. The fraction of sp³-hybridized carbons (Fsp3) is 0.625. The highest BCUT2D eigenvalue weighted by Gasteiger charge is 2.29. The number of hydrogen-bond acceptors (Lipinski definition) is 3. The second kappa shape index (κ2) is 5.41. The van der Waals surface area contributed by atoms with Crippen LogP contribution in [0.4, 0.5) is 5.69 Å². The second-order valence-electron chi connectivity index (χ2n) is 6.12. The molecule has 0 saturated heterocycles. The van der Waals surface area contributed by atoms with Gasteiger partial charge in [-0.05, 0) is 38.8 Å². The topological polar surface area (TPSA) is 24.5 Å². The Labute approximate surface area is 116 Å². The summed E-state index contributed by atoms with van der Waals surface area (Å²) in [7, 11) is 1.73. The predicted octanol–water partition coefficient (Wildman–Crippen LogP) is 3.18. The van der Waals surface area contributed by atoms with Gasteiger partial charge in [-0.1, -0.05) is 13.0 Å². The molecule has 1 unspecified atom stereocenters. The van der Waals surface area contributed by atoms with Crippen molar-refractivity contribution in [1.82, 2.24) is 5.32 Å². The van der Waals surface area contributed by atoms with Crippen molar-refractivity contribution in [2.45, 2.75) is 52.2 Å². The highest BCUT2D eigenvalue weighted by atomic mass is 16.5. The van der Waals surface area contributed by atoms with Crippen molar-refractivity contribution in [2.75, 3.05) is 18.6 Å². The summed E-state index contributed by atoms with van der Waals surface area (Å²) in [5.41, 5.74) is 2.79. The lowest BCUT2D eigenvalue weighted by Gasteiger charge is -2.36. The number of rotatable bonds is 3. The van der Waals surface area contributed by atoms with Gasteiger partial charge in [-0.25, -0.2) is 0 Å². The van der Waals surface area contributed by atoms with Gasteiger partial charge in [0.2, 0.25) is 0 Å². The molecule has 0 radical (unpaired) electrons. The average molecular weight is 262 g/mol. The Bertz CT molecular complexity index is 442. The molecular formula is C16H26N2O. The lowest BCUT2D eigenvalue weighted by molar-refractivity contribution is 0.384. The van der Waals surface area contributed by atoms with Crippen molar-refractivity contribution in [3.8, 4) is 5.75 Å². The van der Waals surface area contributed by atoms with E-state index in [-0.39, 0.29) is 5.54 Å². The number of benzene rings is 1. The maximum atomic E-state index is 5.39. The zero-order chi connectivity index (χ0) is 14.0. The van der Waals surface area contributed by atoms with Crippen LogP contribution in [-0.2, 0) is 6.54 Å². The first-order chi connectivity index (χ1) is 8.96. The number of ether oxygens (including phenoxy) is 1. The molecule has 1 aromatic rings. The molecule has 0 fully saturated rings. The highest BCUT2D eigenvalue weighted by molar-refractivity contribution is 5.59. The smallest absolute Gasteiger partial charge is 0.120 e. The molecule has 0 bridgehead atoms. The van der Waals surface area contributed by atoms with Gasteiger partial charge in [-0.15, -0.1) is 0 Å². The number of nitrogens with one attached hydrogen (secondary N) is 1. The van der Waals surface area contributed by atoms with E-state index in [1.807, 2.05) is 6.07 Å². The molecule has 1 aliphatic rings. The molecular weight excluding hydrogens is 236 g/mol. The summed E-state index contributed by atoms with van der Waals surface area (Å²) in [4.78, 5) is 2.51. The first-order valence-corrected chi connectivity index (χ1v) is 7.15. The van der Waals surface area contributed by atoms with Crippen LogP contribution in [0.5, 0.6) is 5.75 Å². The molecule has 2 rings (SSSR count). The van der Waals surface area contributed by atoms with Gasteiger partial charge in [-0.3, -0.25) is 0 Å². The standard InChI is InChI=1S/C16H26N2O/c1-6-12(2)18-11-16(3,4)17-10-13-7-8-14(19-5)9-15(13)18/h7-9,12,17H,6,10-11H2,1-5H3. The van der Waals surface area contributed by atoms with Gasteiger partial charge >= 0.3 is 0 Å². The van der Waals surface area contributed by atoms with Gasteiger partial charge in [0.15, 0.2) is 0 Å². The minimum absolute atomic E-state index is 0.121. The lowest BCUT2D eigenvalue weighted by Crippen LogP contribution is -2.49. The molecule has 0 saturated carbocycles. The van der Waals surface area contributed by atoms with Crippen LogP contribution in [0.3, 0.4) is 0 Å². The molecule has 0 spiro atoms. The van der Waals surface area contributed by atoms with Crippen molar-refractivity contribution in [3.05, 3.63) is 23.8 Å². The summed E-state index contributed by atoms with van der Waals surface area (Å²) in [6.45, 7) is 11.0. The average Bonchev–Trinajstić information content (AvgIpc) is 2.54. The molecule has 0 aliphatic carbocycles. The summed E-state index contributed by atoms with van der Waals surface area (Å²) in [6.07, 6.45) is 1.15. The monoisotopic (exact) mass is 262 g/mol. The Morgan fingerprint density at radius 1 is 1.42 bits per heavy atom. The van der Waals surface area contributed by atoms with Crippen molar-refractivity contribution >= 4 is 5.69 Å². The Morgan fingerprint density at radius 2 is 2.16 bits per heavy atom. The van der Waals surface area contributed by atoms with Crippen LogP contribution < -0.4 is 15.0 Å². The largest absolute Gasteiger partial charge is 0.497 e. The second-order valence-corrected chi connectivity index (χ2v) is 6.12. The Morgan fingerprint density at radius 3 is 2.79 bits per heavy atom. The van der Waals surface area contributed by atoms with Crippen LogP contribution in [-0.4, -0.2) is 25.2 Å². The van der Waals surface area contributed by atoms with E-state index in [1.54, 1.807) is 7.11 Å². The third-order valence-corrected chi connectivity index (χ3v) is 4.05. The van der Waals surface area contributed by atoms with E-state index < -0.39 is 0 Å². The van der Waals surface area contributed by atoms with Gasteiger partial charge in [0, 0.05) is 36.4 Å². The van der Waals surface area contributed by atoms with E-state index >= 15 is 0 Å². The fourth-order valence-electron chi connectivity index (χ4n) is 2.60. The summed E-state index contributed by atoms with van der Waals surface area (Å²) in [6, 6.07) is 6.93. The fourth-order valence-corrected chi connectivity index (χ4v) is 2.60. The molecule has 0 amide bonds. The van der Waals surface area contributed by atoms with Gasteiger partial charge in [-0.2, -0.15) is 0 Å². The predicted molar refractivity (Wildman–Crippen MR) is 81.0 cm³/mol. The van der Waals surface area contributed by atoms with Crippen molar-refractivity contribution in [3.63, 3.8) is 0 Å². The number of methoxy groups -OCH3 is 1. The SMILES string of the molecule is CCC(C)N1CC(C)(C)NCc2ccc(OC)cc21. The van der Waals surface area contributed by atoms with E-state index in [9.17, 15) is 0 Å². The van der Waals surface area contributed by atoms with E-state index in [2.05, 4.69) is 50.0 Å². The minimum Gasteiger partial charge on any atom is -0.497 e. The zero-order valence-corrected chi connectivity index (χ0v) is 12.8. The lowest BCUT2D eigenvalue weighted by atomic mass is 10.0. The normalized spacial score (nSPS) is 19.5. The van der Waals surface area contributed by atoms with E-state index in [0.29, 0.717) is 6.04 Å². The first-order valence-electron chi connectivity index (χ1n) is 7.15. The summed E-state index contributed by atoms with van der Waals surface area (Å²) in [5, 5.41) is 3.64. The van der Waals surface area contributed by atoms with E-state index in [0.717, 1.165) is 25.3 Å². The van der Waals surface area contributed by atoms with Crippen molar-refractivity contribution < 1.29 is 4.74 Å². The Hall–Kier alpha value is -1.22. The van der Waals surface area contributed by atoms with Crippen molar-refractivity contribution in [1.29, 1.82) is 0 Å². The number of nitrogens with zero attached hydrogens (tertiary/aromatic N) is 1. The van der Waals surface area contributed by atoms with Crippen molar-refractivity contribution in [2.24, 2.45) is 0 Å². The zero-order valence-electron chi connectivity index (χ0n) is 12.8. The van der Waals surface area contributed by atoms with Gasteiger partial charge in [0.05, 0.1) is 7.11 Å². The van der Waals surface area contributed by atoms with Crippen LogP contribution >= 0.6 is 0 Å². The molecule has 1 aromatic carbocycles. The third-order valence-electron chi connectivity index (χ3n) is 4.05. The molecule has 1 heterocycles.